The summed E-state index contributed by atoms with van der Waals surface area (Å²) in [7, 11) is 0. The SMILES string of the molecule is C1COC(CNCC2CC3CCC2C3)CO1. The number of hydrogen-bond acceptors (Lipinski definition) is 3. The van der Waals surface area contributed by atoms with Crippen LogP contribution in [0.4, 0.5) is 0 Å². The summed E-state index contributed by atoms with van der Waals surface area (Å²) in [5.74, 6) is 3.04. The first-order valence-corrected chi connectivity index (χ1v) is 6.82. The first kappa shape index (κ1) is 11.0. The Morgan fingerprint density at radius 3 is 2.75 bits per heavy atom. The zero-order valence-corrected chi connectivity index (χ0v) is 9.99. The molecule has 0 radical (unpaired) electrons. The summed E-state index contributed by atoms with van der Waals surface area (Å²) in [5, 5.41) is 3.58. The quantitative estimate of drug-likeness (QED) is 0.785. The van der Waals surface area contributed by atoms with Crippen LogP contribution in [0.5, 0.6) is 0 Å². The molecule has 1 N–H and O–H groups in total. The molecule has 1 saturated heterocycles. The molecule has 0 spiro atoms. The van der Waals surface area contributed by atoms with Gasteiger partial charge in [-0.2, -0.15) is 0 Å². The lowest BCUT2D eigenvalue weighted by atomic mass is 9.89. The summed E-state index contributed by atoms with van der Waals surface area (Å²) >= 11 is 0. The summed E-state index contributed by atoms with van der Waals surface area (Å²) in [4.78, 5) is 0. The number of hydrogen-bond donors (Lipinski definition) is 1. The fraction of sp³-hybridized carbons (Fsp3) is 1.00. The third-order valence-electron chi connectivity index (χ3n) is 4.55. The Labute approximate surface area is 97.9 Å². The van der Waals surface area contributed by atoms with Gasteiger partial charge in [0.1, 0.15) is 0 Å². The predicted molar refractivity (Wildman–Crippen MR) is 62.4 cm³/mol. The van der Waals surface area contributed by atoms with Crippen LogP contribution in [0.25, 0.3) is 0 Å². The number of nitrogens with one attached hydrogen (secondary N) is 1. The van der Waals surface area contributed by atoms with Crippen LogP contribution in [-0.4, -0.2) is 39.0 Å². The van der Waals surface area contributed by atoms with Crippen molar-refractivity contribution in [2.75, 3.05) is 32.9 Å². The molecule has 16 heavy (non-hydrogen) atoms. The molecular weight excluding hydrogens is 202 g/mol. The minimum atomic E-state index is 0.285. The molecule has 4 atom stereocenters. The molecule has 0 aromatic carbocycles. The molecule has 1 heterocycles. The maximum Gasteiger partial charge on any atom is 0.0933 e. The fourth-order valence-electron chi connectivity index (χ4n) is 3.71. The van der Waals surface area contributed by atoms with E-state index in [1.165, 1.54) is 32.2 Å². The van der Waals surface area contributed by atoms with E-state index in [2.05, 4.69) is 5.32 Å². The second-order valence-electron chi connectivity index (χ2n) is 5.66. The van der Waals surface area contributed by atoms with Crippen molar-refractivity contribution >= 4 is 0 Å². The van der Waals surface area contributed by atoms with Crippen LogP contribution in [-0.2, 0) is 9.47 Å². The highest BCUT2D eigenvalue weighted by Gasteiger charge is 2.38. The maximum atomic E-state index is 5.62. The standard InChI is InChI=1S/C13H23NO2/c1-2-11-5-10(1)6-12(11)7-14-8-13-9-15-3-4-16-13/h10-14H,1-9H2. The van der Waals surface area contributed by atoms with Gasteiger partial charge in [0.2, 0.25) is 0 Å². The van der Waals surface area contributed by atoms with Gasteiger partial charge in [0.05, 0.1) is 25.9 Å². The van der Waals surface area contributed by atoms with E-state index in [4.69, 9.17) is 9.47 Å². The molecule has 0 amide bonds. The Kier molecular flexibility index (Phi) is 3.46. The highest BCUT2D eigenvalue weighted by Crippen LogP contribution is 2.47. The van der Waals surface area contributed by atoms with Crippen molar-refractivity contribution < 1.29 is 9.47 Å². The smallest absolute Gasteiger partial charge is 0.0933 e. The molecular formula is C13H23NO2. The highest BCUT2D eigenvalue weighted by atomic mass is 16.6. The third kappa shape index (κ3) is 2.41. The largest absolute Gasteiger partial charge is 0.376 e. The van der Waals surface area contributed by atoms with Crippen molar-refractivity contribution in [1.82, 2.24) is 5.32 Å². The van der Waals surface area contributed by atoms with Gasteiger partial charge in [-0.1, -0.05) is 6.42 Å². The van der Waals surface area contributed by atoms with Gasteiger partial charge < -0.3 is 14.8 Å². The summed E-state index contributed by atoms with van der Waals surface area (Å²) in [6, 6.07) is 0. The van der Waals surface area contributed by atoms with Gasteiger partial charge in [-0.15, -0.1) is 0 Å². The van der Waals surface area contributed by atoms with Crippen LogP contribution in [0, 0.1) is 17.8 Å². The predicted octanol–water partition coefficient (Wildman–Crippen LogP) is 1.43. The van der Waals surface area contributed by atoms with Crippen molar-refractivity contribution in [3.05, 3.63) is 0 Å². The molecule has 3 nitrogen and oxygen atoms in total. The van der Waals surface area contributed by atoms with E-state index in [1.54, 1.807) is 0 Å². The highest BCUT2D eigenvalue weighted by molar-refractivity contribution is 4.90. The molecule has 2 bridgehead atoms. The van der Waals surface area contributed by atoms with E-state index in [9.17, 15) is 0 Å². The Morgan fingerprint density at radius 1 is 1.06 bits per heavy atom. The Balaban J connectivity index is 1.34. The molecule has 4 unspecified atom stereocenters. The summed E-state index contributed by atoms with van der Waals surface area (Å²) in [6.45, 7) is 4.46. The van der Waals surface area contributed by atoms with Gasteiger partial charge in [0, 0.05) is 6.54 Å². The lowest BCUT2D eigenvalue weighted by molar-refractivity contribution is -0.0866. The first-order valence-electron chi connectivity index (χ1n) is 6.82. The monoisotopic (exact) mass is 225 g/mol. The van der Waals surface area contributed by atoms with Gasteiger partial charge >= 0.3 is 0 Å². The average Bonchev–Trinajstić information content (AvgIpc) is 2.92. The van der Waals surface area contributed by atoms with Gasteiger partial charge in [-0.05, 0) is 43.6 Å². The zero-order valence-electron chi connectivity index (χ0n) is 9.99. The van der Waals surface area contributed by atoms with Crippen LogP contribution in [0.15, 0.2) is 0 Å². The number of ether oxygens (including phenoxy) is 2. The molecule has 3 aliphatic rings. The van der Waals surface area contributed by atoms with Crippen LogP contribution in [0.2, 0.25) is 0 Å². The van der Waals surface area contributed by atoms with Crippen LogP contribution in [0.1, 0.15) is 25.7 Å². The van der Waals surface area contributed by atoms with Gasteiger partial charge in [0.25, 0.3) is 0 Å². The molecule has 3 rings (SSSR count). The van der Waals surface area contributed by atoms with Crippen molar-refractivity contribution in [3.63, 3.8) is 0 Å². The third-order valence-corrected chi connectivity index (χ3v) is 4.55. The van der Waals surface area contributed by atoms with E-state index in [0.29, 0.717) is 0 Å². The van der Waals surface area contributed by atoms with E-state index >= 15 is 0 Å². The Hall–Kier alpha value is -0.120. The van der Waals surface area contributed by atoms with E-state index < -0.39 is 0 Å². The van der Waals surface area contributed by atoms with Crippen molar-refractivity contribution in [1.29, 1.82) is 0 Å². The Bertz CT molecular complexity index is 228. The normalized spacial score (nSPS) is 42.8. The first-order chi connectivity index (χ1) is 7.92. The van der Waals surface area contributed by atoms with E-state index in [0.717, 1.165) is 44.1 Å². The van der Waals surface area contributed by atoms with Crippen LogP contribution < -0.4 is 5.32 Å². The van der Waals surface area contributed by atoms with Crippen LogP contribution >= 0.6 is 0 Å². The minimum absolute atomic E-state index is 0.285. The molecule has 92 valence electrons. The molecule has 0 aromatic rings. The molecule has 0 aromatic heterocycles. The molecule has 3 heteroatoms. The Morgan fingerprint density at radius 2 is 2.06 bits per heavy atom. The summed E-state index contributed by atoms with van der Waals surface area (Å²) in [6.07, 6.45) is 6.25. The van der Waals surface area contributed by atoms with Gasteiger partial charge in [-0.25, -0.2) is 0 Å². The number of fused-ring (bicyclic) bond motifs is 2. The number of rotatable bonds is 4. The zero-order chi connectivity index (χ0) is 10.8. The topological polar surface area (TPSA) is 30.5 Å². The minimum Gasteiger partial charge on any atom is -0.376 e. The van der Waals surface area contributed by atoms with Crippen molar-refractivity contribution in [3.8, 4) is 0 Å². The van der Waals surface area contributed by atoms with Crippen molar-refractivity contribution in [2.45, 2.75) is 31.8 Å². The second-order valence-corrected chi connectivity index (χ2v) is 5.66. The lowest BCUT2D eigenvalue weighted by Crippen LogP contribution is -2.39. The summed E-state index contributed by atoms with van der Waals surface area (Å²) < 4.78 is 11.0. The summed E-state index contributed by atoms with van der Waals surface area (Å²) in [5.41, 5.74) is 0. The second kappa shape index (κ2) is 5.03. The lowest BCUT2D eigenvalue weighted by Gasteiger charge is -2.26. The van der Waals surface area contributed by atoms with Crippen molar-refractivity contribution in [2.24, 2.45) is 17.8 Å². The van der Waals surface area contributed by atoms with Crippen LogP contribution in [0.3, 0.4) is 0 Å². The van der Waals surface area contributed by atoms with Gasteiger partial charge in [-0.3, -0.25) is 0 Å². The van der Waals surface area contributed by atoms with Gasteiger partial charge in [0.15, 0.2) is 0 Å². The molecule has 1 aliphatic heterocycles. The van der Waals surface area contributed by atoms with E-state index in [-0.39, 0.29) is 6.10 Å². The molecule has 2 saturated carbocycles. The average molecular weight is 225 g/mol. The fourth-order valence-corrected chi connectivity index (χ4v) is 3.71. The van der Waals surface area contributed by atoms with E-state index in [1.807, 2.05) is 0 Å². The molecule has 3 fully saturated rings. The maximum absolute atomic E-state index is 5.62. The molecule has 2 aliphatic carbocycles.